The van der Waals surface area contributed by atoms with Gasteiger partial charge in [0.05, 0.1) is 13.9 Å². The van der Waals surface area contributed by atoms with Crippen molar-refractivity contribution in [2.24, 2.45) is 0 Å². The smallest absolute Gasteiger partial charge is 0.263 e. The molecule has 1 fully saturated rings. The number of benzene rings is 2. The predicted molar refractivity (Wildman–Crippen MR) is 117 cm³/mol. The van der Waals surface area contributed by atoms with Crippen molar-refractivity contribution in [1.82, 2.24) is 5.32 Å². The second-order valence-corrected chi connectivity index (χ2v) is 9.42. The fourth-order valence-electron chi connectivity index (χ4n) is 2.11. The van der Waals surface area contributed by atoms with Crippen molar-refractivity contribution in [3.05, 3.63) is 65.8 Å². The number of amides is 1. The number of halogens is 3. The van der Waals surface area contributed by atoms with Crippen LogP contribution in [0, 0.1) is 0 Å². The fraction of sp³-hybridized carbons (Fsp3) is 0.0588. The first-order chi connectivity index (χ1) is 11.9. The lowest BCUT2D eigenvalue weighted by Gasteiger charge is -2.12. The van der Waals surface area contributed by atoms with Crippen molar-refractivity contribution >= 4 is 88.1 Å². The number of ether oxygens (including phenoxy) is 1. The summed E-state index contributed by atoms with van der Waals surface area (Å²) in [6.45, 7) is 0.456. The molecule has 1 saturated heterocycles. The van der Waals surface area contributed by atoms with Gasteiger partial charge < -0.3 is 10.1 Å². The van der Waals surface area contributed by atoms with E-state index in [1.165, 1.54) is 11.8 Å². The largest absolute Gasteiger partial charge is 0.487 e. The molecule has 0 saturated carbocycles. The number of nitrogens with one attached hydrogen (secondary N) is 1. The number of thiocarbonyl (C=S) groups is 1. The minimum atomic E-state index is -0.169. The first-order valence-corrected chi connectivity index (χ1v) is 10.6. The molecular formula is C17H10Br3NO2S2. The molecule has 1 amide bonds. The second-order valence-electron chi connectivity index (χ2n) is 5.08. The first kappa shape index (κ1) is 19.1. The van der Waals surface area contributed by atoms with Crippen LogP contribution in [0.15, 0.2) is 54.7 Å². The SMILES string of the molecule is O=C1NC(=S)S/C1=C\c1cc(Br)c(OCc2ccc(Br)cc2)c(Br)c1. The molecule has 2 aromatic rings. The highest BCUT2D eigenvalue weighted by Gasteiger charge is 2.22. The van der Waals surface area contributed by atoms with Gasteiger partial charge in [-0.2, -0.15) is 0 Å². The van der Waals surface area contributed by atoms with Crippen LogP contribution in [0.25, 0.3) is 6.08 Å². The normalized spacial score (nSPS) is 15.6. The molecule has 1 heterocycles. The Kier molecular flexibility index (Phi) is 6.38. The minimum Gasteiger partial charge on any atom is -0.487 e. The van der Waals surface area contributed by atoms with Gasteiger partial charge in [-0.25, -0.2) is 0 Å². The van der Waals surface area contributed by atoms with Crippen molar-refractivity contribution in [3.8, 4) is 5.75 Å². The summed E-state index contributed by atoms with van der Waals surface area (Å²) >= 11 is 16.7. The lowest BCUT2D eigenvalue weighted by molar-refractivity contribution is -0.115. The number of hydrogen-bond donors (Lipinski definition) is 1. The Bertz CT molecular complexity index is 859. The van der Waals surface area contributed by atoms with Crippen LogP contribution in [-0.2, 0) is 11.4 Å². The Morgan fingerprint density at radius 2 is 1.76 bits per heavy atom. The molecule has 0 bridgehead atoms. The van der Waals surface area contributed by atoms with Crippen molar-refractivity contribution in [3.63, 3.8) is 0 Å². The van der Waals surface area contributed by atoms with Crippen LogP contribution in [-0.4, -0.2) is 10.2 Å². The number of carbonyl (C=O) groups excluding carboxylic acids is 1. The molecule has 3 nitrogen and oxygen atoms in total. The predicted octanol–water partition coefficient (Wildman–Crippen LogP) is 6.04. The number of rotatable bonds is 4. The summed E-state index contributed by atoms with van der Waals surface area (Å²) in [6.07, 6.45) is 1.80. The Labute approximate surface area is 180 Å². The third kappa shape index (κ3) is 4.95. The summed E-state index contributed by atoms with van der Waals surface area (Å²) in [4.78, 5) is 12.3. The van der Waals surface area contributed by atoms with Gasteiger partial charge in [0.25, 0.3) is 5.91 Å². The lowest BCUT2D eigenvalue weighted by atomic mass is 10.2. The summed E-state index contributed by atoms with van der Waals surface area (Å²) < 4.78 is 9.03. The molecule has 0 aliphatic carbocycles. The highest BCUT2D eigenvalue weighted by atomic mass is 79.9. The monoisotopic (exact) mass is 561 g/mol. The molecule has 8 heteroatoms. The molecule has 25 heavy (non-hydrogen) atoms. The molecule has 0 radical (unpaired) electrons. The van der Waals surface area contributed by atoms with E-state index in [4.69, 9.17) is 17.0 Å². The molecule has 0 unspecified atom stereocenters. The Hall–Kier alpha value is -0.670. The molecule has 2 aromatic carbocycles. The van der Waals surface area contributed by atoms with Crippen molar-refractivity contribution < 1.29 is 9.53 Å². The zero-order chi connectivity index (χ0) is 18.0. The van der Waals surface area contributed by atoms with Gasteiger partial charge in [0.2, 0.25) is 0 Å². The summed E-state index contributed by atoms with van der Waals surface area (Å²) in [5.74, 6) is 0.543. The summed E-state index contributed by atoms with van der Waals surface area (Å²) in [5.41, 5.74) is 1.94. The van der Waals surface area contributed by atoms with Crippen LogP contribution in [0.1, 0.15) is 11.1 Å². The molecule has 0 aromatic heterocycles. The van der Waals surface area contributed by atoms with Crippen LogP contribution >= 0.6 is 71.8 Å². The molecular weight excluding hydrogens is 554 g/mol. The van der Waals surface area contributed by atoms with E-state index in [0.29, 0.717) is 21.6 Å². The van der Waals surface area contributed by atoms with E-state index in [2.05, 4.69) is 53.1 Å². The summed E-state index contributed by atoms with van der Waals surface area (Å²) in [7, 11) is 0. The standard InChI is InChI=1S/C17H10Br3NO2S2/c18-11-3-1-9(2-4-11)8-23-15-12(19)5-10(6-13(15)20)7-14-16(22)21-17(24)25-14/h1-7H,8H2,(H,21,22,24)/b14-7-. The Balaban J connectivity index is 1.78. The van der Waals surface area contributed by atoms with Crippen LogP contribution in [0.2, 0.25) is 0 Å². The molecule has 1 aliphatic rings. The van der Waals surface area contributed by atoms with Gasteiger partial charge >= 0.3 is 0 Å². The molecule has 1 N–H and O–H groups in total. The van der Waals surface area contributed by atoms with Crippen molar-refractivity contribution in [1.29, 1.82) is 0 Å². The third-order valence-corrected chi connectivity index (χ3v) is 6.13. The van der Waals surface area contributed by atoms with Gasteiger partial charge in [-0.05, 0) is 73.3 Å². The summed E-state index contributed by atoms with van der Waals surface area (Å²) in [6, 6.07) is 11.8. The maximum atomic E-state index is 11.8. The van der Waals surface area contributed by atoms with E-state index in [9.17, 15) is 4.79 Å². The van der Waals surface area contributed by atoms with E-state index in [-0.39, 0.29) is 5.91 Å². The Morgan fingerprint density at radius 1 is 1.12 bits per heavy atom. The molecule has 1 aliphatic heterocycles. The van der Waals surface area contributed by atoms with Gasteiger partial charge in [0.15, 0.2) is 0 Å². The van der Waals surface area contributed by atoms with Gasteiger partial charge in [0, 0.05) is 4.47 Å². The minimum absolute atomic E-state index is 0.169. The second kappa shape index (κ2) is 8.35. The van der Waals surface area contributed by atoms with E-state index >= 15 is 0 Å². The maximum absolute atomic E-state index is 11.8. The number of hydrogen-bond acceptors (Lipinski definition) is 4. The van der Waals surface area contributed by atoms with Gasteiger partial charge in [-0.1, -0.05) is 52.0 Å². The topological polar surface area (TPSA) is 38.3 Å². The van der Waals surface area contributed by atoms with E-state index in [0.717, 1.165) is 24.5 Å². The zero-order valence-electron chi connectivity index (χ0n) is 12.5. The summed E-state index contributed by atoms with van der Waals surface area (Å²) in [5, 5.41) is 2.61. The van der Waals surface area contributed by atoms with Crippen LogP contribution in [0.5, 0.6) is 5.75 Å². The highest BCUT2D eigenvalue weighted by Crippen LogP contribution is 2.37. The fourth-order valence-corrected chi connectivity index (χ4v) is 4.87. The highest BCUT2D eigenvalue weighted by molar-refractivity contribution is 9.11. The van der Waals surface area contributed by atoms with Gasteiger partial charge in [-0.3, -0.25) is 4.79 Å². The van der Waals surface area contributed by atoms with Crippen LogP contribution in [0.3, 0.4) is 0 Å². The van der Waals surface area contributed by atoms with E-state index in [1.54, 1.807) is 6.08 Å². The third-order valence-electron chi connectivity index (χ3n) is 3.26. The zero-order valence-corrected chi connectivity index (χ0v) is 18.9. The van der Waals surface area contributed by atoms with Gasteiger partial charge in [0.1, 0.15) is 16.7 Å². The van der Waals surface area contributed by atoms with E-state index < -0.39 is 0 Å². The Morgan fingerprint density at radius 3 is 2.32 bits per heavy atom. The van der Waals surface area contributed by atoms with Crippen LogP contribution in [0.4, 0.5) is 0 Å². The van der Waals surface area contributed by atoms with Gasteiger partial charge in [-0.15, -0.1) is 0 Å². The molecule has 0 atom stereocenters. The quantitative estimate of drug-likeness (QED) is 0.363. The van der Waals surface area contributed by atoms with Crippen LogP contribution < -0.4 is 10.1 Å². The first-order valence-electron chi connectivity index (χ1n) is 7.03. The average molecular weight is 564 g/mol. The molecule has 3 rings (SSSR count). The van der Waals surface area contributed by atoms with E-state index in [1.807, 2.05) is 36.4 Å². The van der Waals surface area contributed by atoms with Crippen molar-refractivity contribution in [2.75, 3.05) is 0 Å². The molecule has 128 valence electrons. The van der Waals surface area contributed by atoms with Crippen molar-refractivity contribution in [2.45, 2.75) is 6.61 Å². The molecule has 0 spiro atoms. The maximum Gasteiger partial charge on any atom is 0.263 e. The average Bonchev–Trinajstić information content (AvgIpc) is 2.86. The number of carbonyl (C=O) groups is 1. The number of thioether (sulfide) groups is 1. The lowest BCUT2D eigenvalue weighted by Crippen LogP contribution is -2.17.